The van der Waals surface area contributed by atoms with Crippen LogP contribution in [0.2, 0.25) is 5.02 Å². The minimum Gasteiger partial charge on any atom is -0.493 e. The second-order valence-electron chi connectivity index (χ2n) is 9.12. The number of amides is 1. The van der Waals surface area contributed by atoms with Crippen LogP contribution in [0.25, 0.3) is 0 Å². The molecule has 4 aromatic rings. The number of hydrogen-bond donors (Lipinski definition) is 0. The van der Waals surface area contributed by atoms with Crippen molar-refractivity contribution in [1.82, 2.24) is 4.98 Å². The summed E-state index contributed by atoms with van der Waals surface area (Å²) < 4.78 is 12.1. The highest BCUT2D eigenvalue weighted by Crippen LogP contribution is 2.42. The minimum atomic E-state index is -0.633. The maximum Gasteiger partial charge on any atom is 0.271 e. The van der Waals surface area contributed by atoms with Gasteiger partial charge in [-0.1, -0.05) is 61.0 Å². The molecule has 1 aliphatic rings. The summed E-state index contributed by atoms with van der Waals surface area (Å²) in [5.41, 5.74) is 4.91. The number of halogens is 1. The predicted octanol–water partition coefficient (Wildman–Crippen LogP) is 6.76. The molecular weight excluding hydrogens is 484 g/mol. The molecule has 0 saturated carbocycles. The van der Waals surface area contributed by atoms with Gasteiger partial charge in [0.1, 0.15) is 17.5 Å². The van der Waals surface area contributed by atoms with E-state index in [9.17, 15) is 4.79 Å². The molecule has 0 bridgehead atoms. The lowest BCUT2D eigenvalue weighted by atomic mass is 9.89. The SMILES string of the molecule is CCc1ccc(CCOc2ccc(C3C(Oc4ccccc4)C(=O)N3c3ccc(C)c(Cl)c3)cc2)nc1. The van der Waals surface area contributed by atoms with Gasteiger partial charge >= 0.3 is 0 Å². The summed E-state index contributed by atoms with van der Waals surface area (Å²) in [4.78, 5) is 19.5. The first-order chi connectivity index (χ1) is 18.0. The fraction of sp³-hybridized carbons (Fsp3) is 0.226. The third-order valence-corrected chi connectivity index (χ3v) is 7.04. The Balaban J connectivity index is 1.32. The Morgan fingerprint density at radius 2 is 1.73 bits per heavy atom. The Kier molecular flexibility index (Phi) is 7.42. The quantitative estimate of drug-likeness (QED) is 0.232. The number of aromatic nitrogens is 1. The van der Waals surface area contributed by atoms with Crippen molar-refractivity contribution in [3.05, 3.63) is 119 Å². The van der Waals surface area contributed by atoms with Crippen LogP contribution in [-0.2, 0) is 17.6 Å². The highest BCUT2D eigenvalue weighted by molar-refractivity contribution is 6.31. The average Bonchev–Trinajstić information content (AvgIpc) is 2.93. The van der Waals surface area contributed by atoms with Crippen molar-refractivity contribution in [1.29, 1.82) is 0 Å². The largest absolute Gasteiger partial charge is 0.493 e. The summed E-state index contributed by atoms with van der Waals surface area (Å²) in [6.07, 6.45) is 3.00. The summed E-state index contributed by atoms with van der Waals surface area (Å²) in [6.45, 7) is 4.60. The first-order valence-electron chi connectivity index (χ1n) is 12.5. The van der Waals surface area contributed by atoms with E-state index in [-0.39, 0.29) is 11.9 Å². The van der Waals surface area contributed by atoms with Crippen LogP contribution in [0.1, 0.15) is 35.3 Å². The molecule has 2 atom stereocenters. The van der Waals surface area contributed by atoms with Crippen molar-refractivity contribution in [2.75, 3.05) is 11.5 Å². The molecule has 2 unspecified atom stereocenters. The zero-order valence-corrected chi connectivity index (χ0v) is 21.7. The molecule has 0 N–H and O–H groups in total. The second kappa shape index (κ2) is 11.1. The molecule has 6 heteroatoms. The highest BCUT2D eigenvalue weighted by atomic mass is 35.5. The van der Waals surface area contributed by atoms with Crippen molar-refractivity contribution < 1.29 is 14.3 Å². The Bertz CT molecular complexity index is 1360. The van der Waals surface area contributed by atoms with E-state index >= 15 is 0 Å². The number of pyridine rings is 1. The number of hydrogen-bond acceptors (Lipinski definition) is 4. The number of nitrogens with zero attached hydrogens (tertiary/aromatic N) is 2. The smallest absolute Gasteiger partial charge is 0.271 e. The standard InChI is InChI=1S/C31H29ClN2O3/c1-3-22-10-13-24(33-20-22)17-18-36-26-15-11-23(12-16-26)29-30(37-27-7-5-4-6-8-27)31(35)34(29)25-14-9-21(2)28(32)19-25/h4-16,19-20,29-30H,3,17-18H2,1-2H3. The van der Waals surface area contributed by atoms with E-state index in [1.54, 1.807) is 4.90 Å². The number of β-lactam (4-membered cyclic amide) rings is 1. The fourth-order valence-electron chi connectivity index (χ4n) is 4.41. The van der Waals surface area contributed by atoms with Gasteiger partial charge in [0, 0.05) is 29.0 Å². The van der Waals surface area contributed by atoms with Gasteiger partial charge in [0.25, 0.3) is 5.91 Å². The van der Waals surface area contributed by atoms with Crippen LogP contribution in [0, 0.1) is 6.92 Å². The summed E-state index contributed by atoms with van der Waals surface area (Å²) >= 11 is 6.38. The third kappa shape index (κ3) is 5.47. The van der Waals surface area contributed by atoms with Crippen molar-refractivity contribution in [2.24, 2.45) is 0 Å². The van der Waals surface area contributed by atoms with Gasteiger partial charge in [-0.05, 0) is 72.5 Å². The van der Waals surface area contributed by atoms with Crippen LogP contribution in [-0.4, -0.2) is 23.6 Å². The Morgan fingerprint density at radius 1 is 0.946 bits per heavy atom. The molecule has 1 amide bonds. The second-order valence-corrected chi connectivity index (χ2v) is 9.52. The Labute approximate surface area is 222 Å². The molecule has 1 aromatic heterocycles. The number of para-hydroxylation sites is 1. The molecule has 0 radical (unpaired) electrons. The van der Waals surface area contributed by atoms with Gasteiger partial charge in [0.05, 0.1) is 6.61 Å². The summed E-state index contributed by atoms with van der Waals surface area (Å²) in [5, 5.41) is 0.624. The van der Waals surface area contributed by atoms with Crippen LogP contribution in [0.5, 0.6) is 11.5 Å². The molecule has 1 saturated heterocycles. The summed E-state index contributed by atoms with van der Waals surface area (Å²) in [6, 6.07) is 26.8. The van der Waals surface area contributed by atoms with Crippen molar-refractivity contribution in [3.63, 3.8) is 0 Å². The van der Waals surface area contributed by atoms with Gasteiger partial charge in [-0.2, -0.15) is 0 Å². The van der Waals surface area contributed by atoms with Gasteiger partial charge in [0.15, 0.2) is 0 Å². The number of ether oxygens (including phenoxy) is 2. The first-order valence-corrected chi connectivity index (χ1v) is 12.9. The van der Waals surface area contributed by atoms with Crippen LogP contribution < -0.4 is 14.4 Å². The average molecular weight is 513 g/mol. The molecule has 0 aliphatic carbocycles. The minimum absolute atomic E-state index is 0.101. The van der Waals surface area contributed by atoms with E-state index in [1.165, 1.54) is 5.56 Å². The molecule has 188 valence electrons. The van der Waals surface area contributed by atoms with Crippen LogP contribution >= 0.6 is 11.6 Å². The predicted molar refractivity (Wildman–Crippen MR) is 147 cm³/mol. The molecule has 5 rings (SSSR count). The third-order valence-electron chi connectivity index (χ3n) is 6.63. The lowest BCUT2D eigenvalue weighted by Crippen LogP contribution is -2.61. The van der Waals surface area contributed by atoms with Crippen LogP contribution in [0.3, 0.4) is 0 Å². The number of anilines is 1. The van der Waals surface area contributed by atoms with E-state index in [0.717, 1.165) is 41.1 Å². The maximum absolute atomic E-state index is 13.3. The van der Waals surface area contributed by atoms with Crippen molar-refractivity contribution >= 4 is 23.2 Å². The monoisotopic (exact) mass is 512 g/mol. The zero-order chi connectivity index (χ0) is 25.8. The number of rotatable bonds is 9. The molecule has 1 aliphatic heterocycles. The van der Waals surface area contributed by atoms with Crippen LogP contribution in [0.15, 0.2) is 91.1 Å². The van der Waals surface area contributed by atoms with Crippen LogP contribution in [0.4, 0.5) is 5.69 Å². The van der Waals surface area contributed by atoms with Gasteiger partial charge in [-0.15, -0.1) is 0 Å². The lowest BCUT2D eigenvalue weighted by Gasteiger charge is -2.46. The Morgan fingerprint density at radius 3 is 2.41 bits per heavy atom. The van der Waals surface area contributed by atoms with Gasteiger partial charge in [0.2, 0.25) is 6.10 Å². The lowest BCUT2D eigenvalue weighted by molar-refractivity contribution is -0.135. The van der Waals surface area contributed by atoms with Gasteiger partial charge < -0.3 is 9.47 Å². The normalized spacial score (nSPS) is 16.8. The molecular formula is C31H29ClN2O3. The molecule has 37 heavy (non-hydrogen) atoms. The van der Waals surface area contributed by atoms with E-state index < -0.39 is 6.10 Å². The number of carbonyl (C=O) groups excluding carboxylic acids is 1. The Hall–Kier alpha value is -3.83. The highest BCUT2D eigenvalue weighted by Gasteiger charge is 2.51. The molecule has 3 aromatic carbocycles. The van der Waals surface area contributed by atoms with Crippen molar-refractivity contribution in [3.8, 4) is 11.5 Å². The summed E-state index contributed by atoms with van der Waals surface area (Å²) in [7, 11) is 0. The number of carbonyl (C=O) groups is 1. The zero-order valence-electron chi connectivity index (χ0n) is 20.9. The maximum atomic E-state index is 13.3. The first kappa shape index (κ1) is 24.8. The molecule has 0 spiro atoms. The van der Waals surface area contributed by atoms with Gasteiger partial charge in [-0.25, -0.2) is 0 Å². The molecule has 5 nitrogen and oxygen atoms in total. The van der Waals surface area contributed by atoms with Crippen molar-refractivity contribution in [2.45, 2.75) is 38.8 Å². The van der Waals surface area contributed by atoms with Gasteiger partial charge in [-0.3, -0.25) is 14.7 Å². The molecule has 1 fully saturated rings. The summed E-state index contributed by atoms with van der Waals surface area (Å²) in [5.74, 6) is 1.33. The number of aryl methyl sites for hydroxylation is 2. The van der Waals surface area contributed by atoms with E-state index in [2.05, 4.69) is 24.0 Å². The van der Waals surface area contributed by atoms with E-state index in [4.69, 9.17) is 21.1 Å². The molecule has 2 heterocycles. The van der Waals surface area contributed by atoms with E-state index in [1.807, 2.05) is 85.9 Å². The fourth-order valence-corrected chi connectivity index (χ4v) is 4.59. The topological polar surface area (TPSA) is 51.7 Å². The number of benzene rings is 3. The van der Waals surface area contributed by atoms with E-state index in [0.29, 0.717) is 17.4 Å².